The van der Waals surface area contributed by atoms with Crippen LogP contribution in [0, 0.1) is 20.2 Å². The molecular weight excluding hydrogens is 392 g/mol. The number of fused-ring (bicyclic) bond motifs is 3. The second kappa shape index (κ2) is 6.25. The Morgan fingerprint density at radius 1 is 0.844 bits per heavy atom. The van der Waals surface area contributed by atoms with Gasteiger partial charge in [0.05, 0.1) is 11.2 Å². The number of hydrogen-bond acceptors (Lipinski definition) is 1. The van der Waals surface area contributed by atoms with Gasteiger partial charge in [0.15, 0.2) is 0 Å². The maximum atomic E-state index is 6.52. The van der Waals surface area contributed by atoms with Crippen LogP contribution in [-0.2, 0) is 10.8 Å². The first-order valence-electron chi connectivity index (χ1n) is 11.6. The number of aromatic nitrogens is 2. The second-order valence-corrected chi connectivity index (χ2v) is 11.0. The molecule has 0 fully saturated rings. The Bertz CT molecular complexity index is 1400. The molecule has 0 atom stereocenters. The van der Waals surface area contributed by atoms with Crippen LogP contribution in [0.25, 0.3) is 22.4 Å². The molecule has 2 heterocycles. The fourth-order valence-electron chi connectivity index (χ4n) is 5.61. The summed E-state index contributed by atoms with van der Waals surface area (Å²) in [5, 5.41) is 0. The molecule has 0 amide bonds. The van der Waals surface area contributed by atoms with Crippen molar-refractivity contribution >= 4 is 11.0 Å². The number of nitrogens with zero attached hydrogens (tertiary/aromatic N) is 2. The Balaban J connectivity index is 1.65. The maximum absolute atomic E-state index is 6.52. The molecule has 3 nitrogen and oxygen atoms in total. The van der Waals surface area contributed by atoms with Gasteiger partial charge in [0.1, 0.15) is 22.7 Å². The summed E-state index contributed by atoms with van der Waals surface area (Å²) in [5.74, 6) is 1.82. The first kappa shape index (κ1) is 19.6. The Morgan fingerprint density at radius 3 is 2.19 bits per heavy atom. The summed E-state index contributed by atoms with van der Waals surface area (Å²) in [5.41, 5.74) is 10.0. The molecular formula is C29H30N2O. The number of hydrogen-bond donors (Lipinski definition) is 0. The first-order chi connectivity index (χ1) is 15.1. The van der Waals surface area contributed by atoms with Gasteiger partial charge >= 0.3 is 0 Å². The summed E-state index contributed by atoms with van der Waals surface area (Å²) >= 11 is 0. The van der Waals surface area contributed by atoms with Crippen molar-refractivity contribution in [1.82, 2.24) is 4.57 Å². The quantitative estimate of drug-likeness (QED) is 0.215. The van der Waals surface area contributed by atoms with Crippen molar-refractivity contribution in [3.63, 3.8) is 0 Å². The Kier molecular flexibility index (Phi) is 3.83. The average molecular weight is 423 g/mol. The van der Waals surface area contributed by atoms with Crippen LogP contribution in [0.4, 0.5) is 0 Å². The van der Waals surface area contributed by atoms with Gasteiger partial charge in [-0.05, 0) is 79.0 Å². The largest absolute Gasteiger partial charge is 0.465 e. The number of ether oxygens (including phenoxy) is 1. The molecule has 1 aliphatic carbocycles. The van der Waals surface area contributed by atoms with Gasteiger partial charge in [-0.1, -0.05) is 57.0 Å². The normalized spacial score (nSPS) is 17.6. The van der Waals surface area contributed by atoms with E-state index in [9.17, 15) is 0 Å². The molecule has 4 aromatic rings. The lowest BCUT2D eigenvalue weighted by molar-refractivity contribution is -0.575. The number of rotatable bonds is 1. The van der Waals surface area contributed by atoms with Gasteiger partial charge in [0.25, 0.3) is 6.33 Å². The smallest absolute Gasteiger partial charge is 0.270 e. The van der Waals surface area contributed by atoms with Crippen molar-refractivity contribution in [1.29, 1.82) is 0 Å². The molecule has 0 saturated heterocycles. The molecule has 0 unspecified atom stereocenters. The fourth-order valence-corrected chi connectivity index (χ4v) is 5.61. The van der Waals surface area contributed by atoms with E-state index < -0.39 is 0 Å². The third kappa shape index (κ3) is 2.70. The van der Waals surface area contributed by atoms with E-state index >= 15 is 0 Å². The predicted octanol–water partition coefficient (Wildman–Crippen LogP) is 6.78. The van der Waals surface area contributed by atoms with Crippen LogP contribution in [0.3, 0.4) is 0 Å². The standard InChI is InChI=1S/C29H30N2O/c1-18-12-19(2)14-20(13-18)30-17-31-24-15-21-22(29(5,6)11-10-28(21,3)4)16-26(24)32-25-9-7-8-23(30)27(25)31/h7-9,12-16H,10-11H2,1-6H3. The van der Waals surface area contributed by atoms with E-state index in [2.05, 4.69) is 106 Å². The third-order valence-electron chi connectivity index (χ3n) is 7.50. The third-order valence-corrected chi connectivity index (χ3v) is 7.50. The lowest BCUT2D eigenvalue weighted by atomic mass is 9.63. The Morgan fingerprint density at radius 2 is 1.50 bits per heavy atom. The van der Waals surface area contributed by atoms with E-state index in [-0.39, 0.29) is 10.8 Å². The van der Waals surface area contributed by atoms with Gasteiger partial charge < -0.3 is 4.74 Å². The molecule has 162 valence electrons. The summed E-state index contributed by atoms with van der Waals surface area (Å²) in [7, 11) is 0. The van der Waals surface area contributed by atoms with Crippen LogP contribution in [0.1, 0.15) is 62.8 Å². The molecule has 1 aromatic heterocycles. The Hall–Kier alpha value is -3.07. The number of benzene rings is 3. The topological polar surface area (TPSA) is 18.0 Å². The summed E-state index contributed by atoms with van der Waals surface area (Å²) in [6.07, 6.45) is 6.05. The molecule has 2 aliphatic rings. The lowest BCUT2D eigenvalue weighted by Crippen LogP contribution is -2.37. The van der Waals surface area contributed by atoms with E-state index in [4.69, 9.17) is 4.74 Å². The van der Waals surface area contributed by atoms with Crippen molar-refractivity contribution in [3.8, 4) is 22.9 Å². The minimum Gasteiger partial charge on any atom is -0.465 e. The monoisotopic (exact) mass is 422 g/mol. The van der Waals surface area contributed by atoms with Crippen LogP contribution in [0.2, 0.25) is 0 Å². The highest BCUT2D eigenvalue weighted by atomic mass is 16.5. The molecule has 0 saturated carbocycles. The van der Waals surface area contributed by atoms with Crippen LogP contribution in [-0.4, -0.2) is 4.57 Å². The molecule has 1 aliphatic heterocycles. The number of imidazole rings is 1. The van der Waals surface area contributed by atoms with Gasteiger partial charge in [-0.25, -0.2) is 0 Å². The van der Waals surface area contributed by atoms with Crippen molar-refractivity contribution in [2.75, 3.05) is 0 Å². The molecule has 0 spiro atoms. The first-order valence-corrected chi connectivity index (χ1v) is 11.6. The van der Waals surface area contributed by atoms with E-state index in [1.165, 1.54) is 35.1 Å². The van der Waals surface area contributed by atoms with Crippen molar-refractivity contribution < 1.29 is 9.30 Å². The Labute approximate surface area is 190 Å². The number of para-hydroxylation sites is 1. The van der Waals surface area contributed by atoms with Crippen molar-refractivity contribution in [3.05, 3.63) is 77.1 Å². The molecule has 32 heavy (non-hydrogen) atoms. The maximum Gasteiger partial charge on any atom is 0.270 e. The highest BCUT2D eigenvalue weighted by Crippen LogP contribution is 2.49. The fraction of sp³-hybridized carbons (Fsp3) is 0.345. The van der Waals surface area contributed by atoms with E-state index in [0.717, 1.165) is 33.9 Å². The average Bonchev–Trinajstić information content (AvgIpc) is 3.12. The molecule has 6 rings (SSSR count). The van der Waals surface area contributed by atoms with Crippen molar-refractivity contribution in [2.45, 2.75) is 65.2 Å². The summed E-state index contributed by atoms with van der Waals surface area (Å²) < 4.78 is 10.9. The van der Waals surface area contributed by atoms with E-state index in [0.29, 0.717) is 0 Å². The summed E-state index contributed by atoms with van der Waals surface area (Å²) in [4.78, 5) is 0. The molecule has 3 heteroatoms. The van der Waals surface area contributed by atoms with Gasteiger partial charge in [-0.15, -0.1) is 0 Å². The van der Waals surface area contributed by atoms with Gasteiger partial charge in [-0.2, -0.15) is 0 Å². The minimum absolute atomic E-state index is 0.146. The van der Waals surface area contributed by atoms with Crippen LogP contribution in [0.5, 0.6) is 11.5 Å². The zero-order chi connectivity index (χ0) is 22.4. The summed E-state index contributed by atoms with van der Waals surface area (Å²) in [6.45, 7) is 13.8. The zero-order valence-corrected chi connectivity index (χ0v) is 19.8. The highest BCUT2D eigenvalue weighted by molar-refractivity contribution is 5.82. The van der Waals surface area contributed by atoms with Gasteiger partial charge in [0, 0.05) is 0 Å². The lowest BCUT2D eigenvalue weighted by Gasteiger charge is -2.42. The van der Waals surface area contributed by atoms with E-state index in [1.807, 2.05) is 0 Å². The highest BCUT2D eigenvalue weighted by Gasteiger charge is 2.39. The zero-order valence-electron chi connectivity index (χ0n) is 19.8. The van der Waals surface area contributed by atoms with Crippen molar-refractivity contribution in [2.24, 2.45) is 0 Å². The summed E-state index contributed by atoms with van der Waals surface area (Å²) in [6, 6.07) is 17.6. The minimum atomic E-state index is 0.146. The van der Waals surface area contributed by atoms with Gasteiger partial charge in [-0.3, -0.25) is 9.13 Å². The van der Waals surface area contributed by atoms with Crippen LogP contribution >= 0.6 is 0 Å². The van der Waals surface area contributed by atoms with E-state index in [1.54, 1.807) is 0 Å². The van der Waals surface area contributed by atoms with Gasteiger partial charge in [0.2, 0.25) is 0 Å². The van der Waals surface area contributed by atoms with Crippen LogP contribution < -0.4 is 9.30 Å². The molecule has 3 aromatic carbocycles. The SMILES string of the molecule is Cc1cc(C)cc(-n2[c-][n+]3c4c(cccc42)Oc2cc4c(cc2-3)C(C)(C)CCC4(C)C)c1. The van der Waals surface area contributed by atoms with Crippen LogP contribution in [0.15, 0.2) is 48.5 Å². The molecule has 0 bridgehead atoms. The second-order valence-electron chi connectivity index (χ2n) is 11.0. The predicted molar refractivity (Wildman–Crippen MR) is 128 cm³/mol. The number of aryl methyl sites for hydroxylation is 2. The molecule has 0 N–H and O–H groups in total. The molecule has 0 radical (unpaired) electrons.